The number of benzene rings is 1. The lowest BCUT2D eigenvalue weighted by Crippen LogP contribution is -2.03. The summed E-state index contributed by atoms with van der Waals surface area (Å²) < 4.78 is 5.06. The third kappa shape index (κ3) is 2.50. The molecule has 0 fully saturated rings. The Labute approximate surface area is 87.6 Å². The lowest BCUT2D eigenvalue weighted by atomic mass is 10.1. The van der Waals surface area contributed by atoms with Crippen molar-refractivity contribution in [3.05, 3.63) is 27.7 Å². The van der Waals surface area contributed by atoms with Gasteiger partial charge in [-0.05, 0) is 24.6 Å². The van der Waals surface area contributed by atoms with Gasteiger partial charge in [0.05, 0.1) is 12.1 Å². The first-order chi connectivity index (χ1) is 6.19. The van der Waals surface area contributed by atoms with Gasteiger partial charge in [-0.3, -0.25) is 0 Å². The Kier molecular flexibility index (Phi) is 3.85. The van der Waals surface area contributed by atoms with E-state index < -0.39 is 0 Å². The summed E-state index contributed by atoms with van der Waals surface area (Å²) in [5.74, 6) is 0.595. The van der Waals surface area contributed by atoms with E-state index in [0.717, 1.165) is 5.56 Å². The molecule has 4 heteroatoms. The van der Waals surface area contributed by atoms with E-state index in [0.29, 0.717) is 28.8 Å². The highest BCUT2D eigenvalue weighted by molar-refractivity contribution is 6.34. The first-order valence-corrected chi connectivity index (χ1v) is 4.66. The number of methoxy groups -OCH3 is 1. The number of hydrogen-bond donors (Lipinski definition) is 1. The highest BCUT2D eigenvalue weighted by atomic mass is 35.5. The van der Waals surface area contributed by atoms with Crippen LogP contribution in [-0.4, -0.2) is 13.7 Å². The molecule has 0 bridgehead atoms. The topological polar surface area (TPSA) is 35.2 Å². The maximum absolute atomic E-state index is 6.02. The van der Waals surface area contributed by atoms with E-state index in [1.54, 1.807) is 19.2 Å². The average molecular weight is 220 g/mol. The molecule has 0 aliphatic heterocycles. The zero-order chi connectivity index (χ0) is 9.84. The Morgan fingerprint density at radius 2 is 2.08 bits per heavy atom. The fourth-order valence-electron chi connectivity index (χ4n) is 1.10. The van der Waals surface area contributed by atoms with Crippen LogP contribution >= 0.6 is 23.2 Å². The lowest BCUT2D eigenvalue weighted by molar-refractivity contribution is 0.414. The third-order valence-electron chi connectivity index (χ3n) is 1.71. The van der Waals surface area contributed by atoms with Crippen LogP contribution in [0.15, 0.2) is 12.1 Å². The number of ether oxygens (including phenoxy) is 1. The van der Waals surface area contributed by atoms with Crippen LogP contribution in [0.2, 0.25) is 10.0 Å². The molecule has 0 aliphatic rings. The zero-order valence-electron chi connectivity index (χ0n) is 7.31. The molecule has 0 spiro atoms. The molecule has 1 aromatic carbocycles. The molecule has 0 saturated heterocycles. The normalized spacial score (nSPS) is 10.2. The van der Waals surface area contributed by atoms with Gasteiger partial charge in [0.1, 0.15) is 5.75 Å². The van der Waals surface area contributed by atoms with Gasteiger partial charge in [0.15, 0.2) is 0 Å². The quantitative estimate of drug-likeness (QED) is 0.849. The maximum atomic E-state index is 6.02. The summed E-state index contributed by atoms with van der Waals surface area (Å²) in [4.78, 5) is 0. The Morgan fingerprint density at radius 3 is 2.62 bits per heavy atom. The number of nitrogens with two attached hydrogens (primary N) is 1. The average Bonchev–Trinajstić information content (AvgIpc) is 2.11. The van der Waals surface area contributed by atoms with Gasteiger partial charge < -0.3 is 10.5 Å². The van der Waals surface area contributed by atoms with E-state index in [4.69, 9.17) is 33.7 Å². The van der Waals surface area contributed by atoms with Crippen molar-refractivity contribution >= 4 is 23.2 Å². The summed E-state index contributed by atoms with van der Waals surface area (Å²) in [6.07, 6.45) is 0.704. The molecule has 0 amide bonds. The third-order valence-corrected chi connectivity index (χ3v) is 2.36. The minimum absolute atomic E-state index is 0.545. The van der Waals surface area contributed by atoms with Gasteiger partial charge in [0.25, 0.3) is 0 Å². The molecule has 2 N–H and O–H groups in total. The molecular weight excluding hydrogens is 209 g/mol. The van der Waals surface area contributed by atoms with Gasteiger partial charge in [-0.25, -0.2) is 0 Å². The van der Waals surface area contributed by atoms with Crippen LogP contribution in [0.4, 0.5) is 0 Å². The van der Waals surface area contributed by atoms with Crippen molar-refractivity contribution in [3.63, 3.8) is 0 Å². The fraction of sp³-hybridized carbons (Fsp3) is 0.333. The highest BCUT2D eigenvalue weighted by Crippen LogP contribution is 2.31. The Hall–Kier alpha value is -0.440. The van der Waals surface area contributed by atoms with Crippen molar-refractivity contribution in [2.75, 3.05) is 13.7 Å². The van der Waals surface area contributed by atoms with E-state index >= 15 is 0 Å². The molecule has 2 nitrogen and oxygen atoms in total. The van der Waals surface area contributed by atoms with Crippen LogP contribution in [0.3, 0.4) is 0 Å². The largest absolute Gasteiger partial charge is 0.495 e. The van der Waals surface area contributed by atoms with E-state index in [2.05, 4.69) is 0 Å². The highest BCUT2D eigenvalue weighted by Gasteiger charge is 2.07. The summed E-state index contributed by atoms with van der Waals surface area (Å²) in [6.45, 7) is 0.545. The number of rotatable bonds is 3. The van der Waals surface area contributed by atoms with Gasteiger partial charge in [-0.2, -0.15) is 0 Å². The van der Waals surface area contributed by atoms with E-state index in [-0.39, 0.29) is 0 Å². The van der Waals surface area contributed by atoms with Crippen molar-refractivity contribution in [3.8, 4) is 5.75 Å². The van der Waals surface area contributed by atoms with E-state index in [1.165, 1.54) is 0 Å². The number of hydrogen-bond acceptors (Lipinski definition) is 2. The fourth-order valence-corrected chi connectivity index (χ4v) is 1.62. The maximum Gasteiger partial charge on any atom is 0.139 e. The molecule has 0 saturated carbocycles. The first-order valence-electron chi connectivity index (χ1n) is 3.91. The van der Waals surface area contributed by atoms with Crippen molar-refractivity contribution in [1.29, 1.82) is 0 Å². The van der Waals surface area contributed by atoms with E-state index in [1.807, 2.05) is 0 Å². The molecular formula is C9H11Cl2NO. The van der Waals surface area contributed by atoms with Crippen LogP contribution in [-0.2, 0) is 6.42 Å². The van der Waals surface area contributed by atoms with Crippen molar-refractivity contribution in [2.45, 2.75) is 6.42 Å². The minimum Gasteiger partial charge on any atom is -0.495 e. The lowest BCUT2D eigenvalue weighted by Gasteiger charge is -2.08. The predicted octanol–water partition coefficient (Wildman–Crippen LogP) is 2.50. The molecule has 0 unspecified atom stereocenters. The van der Waals surface area contributed by atoms with Crippen LogP contribution < -0.4 is 10.5 Å². The van der Waals surface area contributed by atoms with Gasteiger partial charge in [-0.1, -0.05) is 23.2 Å². The SMILES string of the molecule is COc1cc(Cl)cc(CCN)c1Cl. The first kappa shape index (κ1) is 10.6. The molecule has 0 radical (unpaired) electrons. The Bertz CT molecular complexity index is 302. The van der Waals surface area contributed by atoms with Gasteiger partial charge in [0.2, 0.25) is 0 Å². The number of halogens is 2. The van der Waals surface area contributed by atoms with Gasteiger partial charge in [-0.15, -0.1) is 0 Å². The van der Waals surface area contributed by atoms with Gasteiger partial charge >= 0.3 is 0 Å². The summed E-state index contributed by atoms with van der Waals surface area (Å²) in [5.41, 5.74) is 6.35. The van der Waals surface area contributed by atoms with Crippen LogP contribution in [0.5, 0.6) is 5.75 Å². The minimum atomic E-state index is 0.545. The molecule has 0 atom stereocenters. The summed E-state index contributed by atoms with van der Waals surface area (Å²) >= 11 is 11.9. The Balaban J connectivity index is 3.11. The molecule has 72 valence electrons. The summed E-state index contributed by atoms with van der Waals surface area (Å²) in [7, 11) is 1.56. The summed E-state index contributed by atoms with van der Waals surface area (Å²) in [5, 5.41) is 1.21. The Morgan fingerprint density at radius 1 is 1.38 bits per heavy atom. The molecule has 1 rings (SSSR count). The second kappa shape index (κ2) is 4.70. The molecule has 1 aromatic rings. The smallest absolute Gasteiger partial charge is 0.139 e. The van der Waals surface area contributed by atoms with Crippen molar-refractivity contribution in [1.82, 2.24) is 0 Å². The van der Waals surface area contributed by atoms with E-state index in [9.17, 15) is 0 Å². The summed E-state index contributed by atoms with van der Waals surface area (Å²) in [6, 6.07) is 3.49. The monoisotopic (exact) mass is 219 g/mol. The van der Waals surface area contributed by atoms with Crippen LogP contribution in [0.1, 0.15) is 5.56 Å². The van der Waals surface area contributed by atoms with Crippen LogP contribution in [0, 0.1) is 0 Å². The molecule has 0 aromatic heterocycles. The van der Waals surface area contributed by atoms with Crippen molar-refractivity contribution < 1.29 is 4.74 Å². The van der Waals surface area contributed by atoms with Crippen molar-refractivity contribution in [2.24, 2.45) is 5.73 Å². The molecule has 13 heavy (non-hydrogen) atoms. The molecule has 0 aliphatic carbocycles. The second-order valence-corrected chi connectivity index (χ2v) is 3.43. The second-order valence-electron chi connectivity index (χ2n) is 2.62. The predicted molar refractivity (Wildman–Crippen MR) is 55.8 cm³/mol. The standard InChI is InChI=1S/C9H11Cl2NO/c1-13-8-5-7(10)4-6(2-3-12)9(8)11/h4-5H,2-3,12H2,1H3. The molecule has 0 heterocycles. The zero-order valence-corrected chi connectivity index (χ0v) is 8.82. The van der Waals surface area contributed by atoms with Gasteiger partial charge in [0, 0.05) is 11.1 Å². The van der Waals surface area contributed by atoms with Crippen LogP contribution in [0.25, 0.3) is 0 Å².